The average Bonchev–Trinajstić information content (AvgIpc) is 3.66. The molecule has 1 aliphatic heterocycles. The second-order valence-corrected chi connectivity index (χ2v) is 15.4. The summed E-state index contributed by atoms with van der Waals surface area (Å²) in [6, 6.07) is 24.7. The van der Waals surface area contributed by atoms with Crippen LogP contribution in [0.1, 0.15) is 60.9 Å². The van der Waals surface area contributed by atoms with Gasteiger partial charge in [-0.05, 0) is 61.7 Å². The summed E-state index contributed by atoms with van der Waals surface area (Å²) in [6.45, 7) is 11.8. The summed E-state index contributed by atoms with van der Waals surface area (Å²) in [7, 11) is 1.76. The summed E-state index contributed by atoms with van der Waals surface area (Å²) in [5, 5.41) is 18.6. The maximum Gasteiger partial charge on any atom is 0.324 e. The quantitative estimate of drug-likeness (QED) is 0.0918. The number of rotatable bonds is 13. The Bertz CT molecular complexity index is 2350. The largest absolute Gasteiger partial charge is 0.488 e. The van der Waals surface area contributed by atoms with E-state index in [0.717, 1.165) is 65.8 Å². The molecule has 0 unspecified atom stereocenters. The summed E-state index contributed by atoms with van der Waals surface area (Å²) in [4.78, 5) is 41.6. The summed E-state index contributed by atoms with van der Waals surface area (Å²) in [6.07, 6.45) is 6.99. The molecule has 0 saturated carbocycles. The van der Waals surface area contributed by atoms with Crippen LogP contribution in [0.25, 0.3) is 16.5 Å². The predicted molar refractivity (Wildman–Crippen MR) is 226 cm³/mol. The monoisotopic (exact) mass is 782 g/mol. The van der Waals surface area contributed by atoms with Crippen molar-refractivity contribution in [1.29, 1.82) is 0 Å². The van der Waals surface area contributed by atoms with E-state index >= 15 is 0 Å². The molecule has 4 heterocycles. The van der Waals surface area contributed by atoms with Crippen LogP contribution in [0.2, 0.25) is 0 Å². The minimum absolute atomic E-state index is 0.215. The summed E-state index contributed by atoms with van der Waals surface area (Å²) < 4.78 is 13.5. The van der Waals surface area contributed by atoms with E-state index < -0.39 is 6.03 Å². The molecule has 0 radical (unpaired) electrons. The van der Waals surface area contributed by atoms with E-state index in [2.05, 4.69) is 61.9 Å². The maximum atomic E-state index is 13.5. The fourth-order valence-corrected chi connectivity index (χ4v) is 6.72. The maximum absolute atomic E-state index is 13.5. The number of methoxy groups -OCH3 is 1. The SMILES string of the molecule is COC1CCN(CCNC(=O)c2cnc(Nc3cc(COc4ccc(NC(=O)Nc5cc(C(C)(C)C)nn5-c5ccc(C)cc5)c5ccccc45)ccn3)cn2)CC1. The van der Waals surface area contributed by atoms with Gasteiger partial charge in [0.1, 0.15) is 35.5 Å². The second-order valence-electron chi connectivity index (χ2n) is 15.4. The number of benzene rings is 3. The van der Waals surface area contributed by atoms with Crippen molar-refractivity contribution < 1.29 is 19.1 Å². The van der Waals surface area contributed by atoms with Crippen molar-refractivity contribution in [2.24, 2.45) is 0 Å². The first-order valence-electron chi connectivity index (χ1n) is 19.5. The van der Waals surface area contributed by atoms with Crippen molar-refractivity contribution in [3.05, 3.63) is 120 Å². The first-order chi connectivity index (χ1) is 28.0. The number of aromatic nitrogens is 5. The van der Waals surface area contributed by atoms with Gasteiger partial charge in [0.25, 0.3) is 5.91 Å². The molecule has 3 amide bonds. The first-order valence-corrected chi connectivity index (χ1v) is 19.5. The van der Waals surface area contributed by atoms with Crippen molar-refractivity contribution in [3.8, 4) is 11.4 Å². The summed E-state index contributed by atoms with van der Waals surface area (Å²) >= 11 is 0. The van der Waals surface area contributed by atoms with Gasteiger partial charge in [-0.3, -0.25) is 10.1 Å². The number of nitrogens with one attached hydrogen (secondary N) is 4. The van der Waals surface area contributed by atoms with Gasteiger partial charge in [0.15, 0.2) is 0 Å². The van der Waals surface area contributed by atoms with Crippen LogP contribution in [0.5, 0.6) is 5.75 Å². The Balaban J connectivity index is 0.953. The topological polar surface area (TPSA) is 160 Å². The van der Waals surface area contributed by atoms with Crippen LogP contribution in [0.4, 0.5) is 27.9 Å². The highest BCUT2D eigenvalue weighted by Crippen LogP contribution is 2.33. The predicted octanol–water partition coefficient (Wildman–Crippen LogP) is 7.62. The number of pyridine rings is 1. The molecule has 6 aromatic rings. The Morgan fingerprint density at radius 3 is 2.36 bits per heavy atom. The van der Waals surface area contributed by atoms with E-state index in [4.69, 9.17) is 14.6 Å². The lowest BCUT2D eigenvalue weighted by atomic mass is 9.92. The van der Waals surface area contributed by atoms with Gasteiger partial charge in [-0.1, -0.05) is 62.7 Å². The van der Waals surface area contributed by atoms with Crippen LogP contribution in [-0.4, -0.2) is 81.0 Å². The minimum Gasteiger partial charge on any atom is -0.488 e. The first kappa shape index (κ1) is 39.8. The highest BCUT2D eigenvalue weighted by atomic mass is 16.5. The molecule has 58 heavy (non-hydrogen) atoms. The number of piperidine rings is 1. The third kappa shape index (κ3) is 9.94. The van der Waals surface area contributed by atoms with Gasteiger partial charge in [-0.15, -0.1) is 0 Å². The molecule has 3 aromatic heterocycles. The Hall–Kier alpha value is -6.38. The lowest BCUT2D eigenvalue weighted by Crippen LogP contribution is -2.41. The van der Waals surface area contributed by atoms with Gasteiger partial charge in [-0.2, -0.15) is 5.10 Å². The Labute approximate surface area is 338 Å². The fraction of sp³-hybridized carbons (Fsp3) is 0.318. The van der Waals surface area contributed by atoms with Crippen LogP contribution in [0, 0.1) is 6.92 Å². The summed E-state index contributed by atoms with van der Waals surface area (Å²) in [5.41, 5.74) is 4.39. The van der Waals surface area contributed by atoms with Crippen molar-refractivity contribution >= 4 is 45.9 Å². The molecule has 300 valence electrons. The number of amides is 3. The molecule has 14 heteroatoms. The Kier molecular flexibility index (Phi) is 12.2. The van der Waals surface area contributed by atoms with Crippen molar-refractivity contribution in [1.82, 2.24) is 34.9 Å². The summed E-state index contributed by atoms with van der Waals surface area (Å²) in [5.74, 6) is 1.97. The normalized spacial score (nSPS) is 13.6. The molecule has 1 saturated heterocycles. The number of hydrogen-bond donors (Lipinski definition) is 4. The van der Waals surface area contributed by atoms with Crippen molar-refractivity contribution in [2.45, 2.75) is 58.7 Å². The molecule has 0 bridgehead atoms. The molecule has 7 rings (SSSR count). The highest BCUT2D eigenvalue weighted by molar-refractivity contribution is 6.07. The zero-order valence-corrected chi connectivity index (χ0v) is 33.6. The third-order valence-corrected chi connectivity index (χ3v) is 10.1. The van der Waals surface area contributed by atoms with Gasteiger partial charge in [0, 0.05) is 61.7 Å². The van der Waals surface area contributed by atoms with Gasteiger partial charge < -0.3 is 30.3 Å². The van der Waals surface area contributed by atoms with E-state index in [1.807, 2.05) is 85.8 Å². The second kappa shape index (κ2) is 17.8. The van der Waals surface area contributed by atoms with Gasteiger partial charge in [-0.25, -0.2) is 24.4 Å². The standard InChI is InChI=1S/C44H50N10O4/c1-29-10-12-31(13-11-29)54-41(25-38(52-54)44(2,3)4)51-43(56)49-35-14-15-37(34-9-7-6-8-33(34)35)58-28-30-16-19-45-39(24-30)50-40-27-47-36(26-48-40)42(55)46-20-23-53-21-17-32(57-5)18-22-53/h6-16,19,24-27,32H,17-18,20-23,28H2,1-5H3,(H,46,55)(H,45,48,50)(H2,49,51,56). The number of ether oxygens (including phenoxy) is 2. The van der Waals surface area contributed by atoms with E-state index in [-0.39, 0.29) is 23.6 Å². The molecule has 3 aromatic carbocycles. The minimum atomic E-state index is -0.392. The van der Waals surface area contributed by atoms with Gasteiger partial charge in [0.05, 0.1) is 35.6 Å². The number of fused-ring (bicyclic) bond motifs is 1. The van der Waals surface area contributed by atoms with Crippen LogP contribution >= 0.6 is 0 Å². The van der Waals surface area contributed by atoms with Crippen molar-refractivity contribution in [2.75, 3.05) is 49.2 Å². The molecule has 1 fully saturated rings. The number of hydrogen-bond acceptors (Lipinski definition) is 10. The van der Waals surface area contributed by atoms with Crippen LogP contribution in [0.15, 0.2) is 97.5 Å². The van der Waals surface area contributed by atoms with Crippen molar-refractivity contribution in [3.63, 3.8) is 0 Å². The Morgan fingerprint density at radius 2 is 1.64 bits per heavy atom. The fourth-order valence-electron chi connectivity index (χ4n) is 6.72. The molecule has 4 N–H and O–H groups in total. The average molecular weight is 783 g/mol. The Morgan fingerprint density at radius 1 is 0.862 bits per heavy atom. The highest BCUT2D eigenvalue weighted by Gasteiger charge is 2.22. The molecule has 1 aliphatic rings. The number of urea groups is 1. The number of aryl methyl sites for hydroxylation is 1. The smallest absolute Gasteiger partial charge is 0.324 e. The van der Waals surface area contributed by atoms with E-state index in [1.165, 1.54) is 12.4 Å². The number of anilines is 4. The van der Waals surface area contributed by atoms with Gasteiger partial charge in [0.2, 0.25) is 0 Å². The molecule has 0 spiro atoms. The number of likely N-dealkylation sites (tertiary alicyclic amines) is 1. The van der Waals surface area contributed by atoms with E-state index in [9.17, 15) is 9.59 Å². The molecule has 0 aliphatic carbocycles. The number of nitrogens with zero attached hydrogens (tertiary/aromatic N) is 6. The van der Waals surface area contributed by atoms with Crippen LogP contribution in [-0.2, 0) is 16.8 Å². The lowest BCUT2D eigenvalue weighted by Gasteiger charge is -2.31. The molecular formula is C44H50N10O4. The van der Waals surface area contributed by atoms with E-state index in [1.54, 1.807) is 18.0 Å². The number of carbonyl (C=O) groups excluding carboxylic acids is 2. The number of carbonyl (C=O) groups is 2. The van der Waals surface area contributed by atoms with E-state index in [0.29, 0.717) is 41.5 Å². The van der Waals surface area contributed by atoms with Gasteiger partial charge >= 0.3 is 6.03 Å². The zero-order valence-electron chi connectivity index (χ0n) is 33.6. The van der Waals surface area contributed by atoms with Crippen LogP contribution in [0.3, 0.4) is 0 Å². The lowest BCUT2D eigenvalue weighted by molar-refractivity contribution is 0.0413. The molecule has 14 nitrogen and oxygen atoms in total. The molecular weight excluding hydrogens is 733 g/mol. The zero-order chi connectivity index (χ0) is 40.6. The third-order valence-electron chi connectivity index (χ3n) is 10.1. The van der Waals surface area contributed by atoms with Crippen LogP contribution < -0.4 is 26.0 Å². The molecule has 0 atom stereocenters.